The fourth-order valence-electron chi connectivity index (χ4n) is 2.36. The Bertz CT molecular complexity index is 468. The fourth-order valence-corrected chi connectivity index (χ4v) is 2.72. The van der Waals surface area contributed by atoms with E-state index in [4.69, 9.17) is 4.74 Å². The van der Waals surface area contributed by atoms with Gasteiger partial charge in [-0.05, 0) is 51.5 Å². The SMILES string of the molecule is CSc1ccc([C@@H]2CCCN2C(=O)OC(C)(C)C)cn1. The van der Waals surface area contributed by atoms with Crippen LogP contribution in [0.4, 0.5) is 4.79 Å². The molecule has 1 atom stereocenters. The van der Waals surface area contributed by atoms with Crippen molar-refractivity contribution < 1.29 is 9.53 Å². The Labute approximate surface area is 124 Å². The topological polar surface area (TPSA) is 42.4 Å². The molecule has 0 aromatic carbocycles. The van der Waals surface area contributed by atoms with Crippen LogP contribution >= 0.6 is 11.8 Å². The van der Waals surface area contributed by atoms with Crippen LogP contribution in [0.2, 0.25) is 0 Å². The monoisotopic (exact) mass is 294 g/mol. The standard InChI is InChI=1S/C15H22N2O2S/c1-15(2,3)19-14(18)17-9-5-6-12(17)11-7-8-13(20-4)16-10-11/h7-8,10,12H,5-6,9H2,1-4H3/t12-/m0/s1. The molecule has 0 bridgehead atoms. The average molecular weight is 294 g/mol. The van der Waals surface area contributed by atoms with Crippen LogP contribution < -0.4 is 0 Å². The number of amides is 1. The van der Waals surface area contributed by atoms with Crippen molar-refractivity contribution in [2.24, 2.45) is 0 Å². The minimum absolute atomic E-state index is 0.0910. The predicted molar refractivity (Wildman–Crippen MR) is 80.9 cm³/mol. The normalized spacial score (nSPS) is 19.2. The maximum Gasteiger partial charge on any atom is 0.410 e. The first-order chi connectivity index (χ1) is 9.40. The number of carbonyl (C=O) groups excluding carboxylic acids is 1. The number of thioether (sulfide) groups is 1. The Kier molecular flexibility index (Phi) is 4.58. The first kappa shape index (κ1) is 15.2. The van der Waals surface area contributed by atoms with E-state index >= 15 is 0 Å². The van der Waals surface area contributed by atoms with Crippen molar-refractivity contribution in [3.63, 3.8) is 0 Å². The second kappa shape index (κ2) is 6.04. The zero-order chi connectivity index (χ0) is 14.8. The smallest absolute Gasteiger partial charge is 0.410 e. The van der Waals surface area contributed by atoms with Crippen LogP contribution in [0.25, 0.3) is 0 Å². The molecule has 0 saturated carbocycles. The molecule has 0 aliphatic carbocycles. The Morgan fingerprint density at radius 2 is 2.20 bits per heavy atom. The Morgan fingerprint density at radius 3 is 2.75 bits per heavy atom. The Morgan fingerprint density at radius 1 is 1.45 bits per heavy atom. The highest BCUT2D eigenvalue weighted by Gasteiger charge is 2.33. The van der Waals surface area contributed by atoms with E-state index in [1.54, 1.807) is 11.8 Å². The summed E-state index contributed by atoms with van der Waals surface area (Å²) < 4.78 is 5.48. The van der Waals surface area contributed by atoms with Gasteiger partial charge in [-0.1, -0.05) is 6.07 Å². The molecule has 1 amide bonds. The van der Waals surface area contributed by atoms with Crippen LogP contribution in [0.3, 0.4) is 0 Å². The van der Waals surface area contributed by atoms with Gasteiger partial charge >= 0.3 is 6.09 Å². The lowest BCUT2D eigenvalue weighted by Crippen LogP contribution is -2.36. The van der Waals surface area contributed by atoms with E-state index in [1.807, 2.05) is 44.2 Å². The molecule has 0 unspecified atom stereocenters. The van der Waals surface area contributed by atoms with Crippen LogP contribution in [0.5, 0.6) is 0 Å². The van der Waals surface area contributed by atoms with Gasteiger partial charge in [0.05, 0.1) is 11.1 Å². The predicted octanol–water partition coefficient (Wildman–Crippen LogP) is 3.88. The number of carbonyl (C=O) groups is 1. The van der Waals surface area contributed by atoms with Gasteiger partial charge in [-0.2, -0.15) is 0 Å². The number of pyridine rings is 1. The number of likely N-dealkylation sites (tertiary alicyclic amines) is 1. The summed E-state index contributed by atoms with van der Waals surface area (Å²) in [5.74, 6) is 0. The van der Waals surface area contributed by atoms with Gasteiger partial charge in [0.1, 0.15) is 5.60 Å². The molecule has 2 rings (SSSR count). The molecular formula is C15H22N2O2S. The third-order valence-corrected chi connectivity index (χ3v) is 3.89. The summed E-state index contributed by atoms with van der Waals surface area (Å²) in [4.78, 5) is 18.5. The van der Waals surface area contributed by atoms with Crippen LogP contribution in [0.15, 0.2) is 23.4 Å². The summed E-state index contributed by atoms with van der Waals surface area (Å²) in [5, 5.41) is 0.996. The maximum absolute atomic E-state index is 12.2. The summed E-state index contributed by atoms with van der Waals surface area (Å²) in [6.07, 6.45) is 5.63. The number of aromatic nitrogens is 1. The molecule has 110 valence electrons. The van der Waals surface area contributed by atoms with Crippen LogP contribution in [-0.4, -0.2) is 34.4 Å². The first-order valence-electron chi connectivity index (χ1n) is 6.90. The van der Waals surface area contributed by atoms with Gasteiger partial charge in [-0.15, -0.1) is 11.8 Å². The fraction of sp³-hybridized carbons (Fsp3) is 0.600. The molecule has 0 spiro atoms. The van der Waals surface area contributed by atoms with Gasteiger partial charge in [0.25, 0.3) is 0 Å². The third kappa shape index (κ3) is 3.66. The van der Waals surface area contributed by atoms with Crippen LogP contribution in [0.1, 0.15) is 45.2 Å². The van der Waals surface area contributed by atoms with Crippen molar-refractivity contribution >= 4 is 17.9 Å². The second-order valence-corrected chi connectivity index (χ2v) is 6.79. The summed E-state index contributed by atoms with van der Waals surface area (Å²) in [6, 6.07) is 4.16. The van der Waals surface area contributed by atoms with Crippen molar-refractivity contribution in [3.05, 3.63) is 23.9 Å². The molecule has 0 N–H and O–H groups in total. The van der Waals surface area contributed by atoms with Gasteiger partial charge in [0.2, 0.25) is 0 Å². The summed E-state index contributed by atoms with van der Waals surface area (Å²) in [5.41, 5.74) is 0.636. The molecule has 2 heterocycles. The zero-order valence-corrected chi connectivity index (χ0v) is 13.4. The van der Waals surface area contributed by atoms with Gasteiger partial charge < -0.3 is 9.64 Å². The Balaban J connectivity index is 2.12. The van der Waals surface area contributed by atoms with Crippen molar-refractivity contribution in [1.29, 1.82) is 0 Å². The lowest BCUT2D eigenvalue weighted by atomic mass is 10.1. The Hall–Kier alpha value is -1.23. The van der Waals surface area contributed by atoms with E-state index < -0.39 is 5.60 Å². The van der Waals surface area contributed by atoms with E-state index in [0.717, 1.165) is 30.0 Å². The van der Waals surface area contributed by atoms with Crippen molar-refractivity contribution in [3.8, 4) is 0 Å². The second-order valence-electron chi connectivity index (χ2n) is 5.97. The molecule has 1 aromatic rings. The molecule has 1 fully saturated rings. The number of nitrogens with zero attached hydrogens (tertiary/aromatic N) is 2. The average Bonchev–Trinajstić information content (AvgIpc) is 2.86. The quantitative estimate of drug-likeness (QED) is 0.776. The van der Waals surface area contributed by atoms with E-state index in [2.05, 4.69) is 11.1 Å². The van der Waals surface area contributed by atoms with Crippen LogP contribution in [0, 0.1) is 0 Å². The van der Waals surface area contributed by atoms with Crippen molar-refractivity contribution in [2.75, 3.05) is 12.8 Å². The lowest BCUT2D eigenvalue weighted by molar-refractivity contribution is 0.0224. The highest BCUT2D eigenvalue weighted by atomic mass is 32.2. The zero-order valence-electron chi connectivity index (χ0n) is 12.5. The molecule has 4 nitrogen and oxygen atoms in total. The maximum atomic E-state index is 12.2. The minimum Gasteiger partial charge on any atom is -0.444 e. The largest absolute Gasteiger partial charge is 0.444 e. The molecule has 1 aliphatic heterocycles. The summed E-state index contributed by atoms with van der Waals surface area (Å²) >= 11 is 1.62. The highest BCUT2D eigenvalue weighted by Crippen LogP contribution is 2.33. The van der Waals surface area contributed by atoms with Crippen molar-refractivity contribution in [2.45, 2.75) is 50.3 Å². The number of ether oxygens (including phenoxy) is 1. The van der Waals surface area contributed by atoms with E-state index in [1.165, 1.54) is 0 Å². The van der Waals surface area contributed by atoms with Gasteiger partial charge in [0.15, 0.2) is 0 Å². The highest BCUT2D eigenvalue weighted by molar-refractivity contribution is 7.98. The minimum atomic E-state index is -0.453. The molecule has 1 saturated heterocycles. The number of hydrogen-bond donors (Lipinski definition) is 0. The third-order valence-electron chi connectivity index (χ3n) is 3.23. The number of rotatable bonds is 2. The molecule has 20 heavy (non-hydrogen) atoms. The number of hydrogen-bond acceptors (Lipinski definition) is 4. The van der Waals surface area contributed by atoms with Gasteiger partial charge in [-0.3, -0.25) is 0 Å². The summed E-state index contributed by atoms with van der Waals surface area (Å²) in [6.45, 7) is 6.43. The molecule has 0 radical (unpaired) electrons. The molecule has 1 aromatic heterocycles. The van der Waals surface area contributed by atoms with E-state index in [-0.39, 0.29) is 12.1 Å². The van der Waals surface area contributed by atoms with E-state index in [0.29, 0.717) is 0 Å². The van der Waals surface area contributed by atoms with Gasteiger partial charge in [0, 0.05) is 12.7 Å². The van der Waals surface area contributed by atoms with E-state index in [9.17, 15) is 4.79 Å². The summed E-state index contributed by atoms with van der Waals surface area (Å²) in [7, 11) is 0. The molecule has 1 aliphatic rings. The molecular weight excluding hydrogens is 272 g/mol. The van der Waals surface area contributed by atoms with Crippen LogP contribution in [-0.2, 0) is 4.74 Å². The lowest BCUT2D eigenvalue weighted by Gasteiger charge is -2.28. The van der Waals surface area contributed by atoms with Gasteiger partial charge in [-0.25, -0.2) is 9.78 Å². The first-order valence-corrected chi connectivity index (χ1v) is 8.13. The van der Waals surface area contributed by atoms with Crippen molar-refractivity contribution in [1.82, 2.24) is 9.88 Å². The molecule has 5 heteroatoms.